The van der Waals surface area contributed by atoms with E-state index in [4.69, 9.17) is 0 Å². The first-order valence-electron chi connectivity index (χ1n) is 6.08. The summed E-state index contributed by atoms with van der Waals surface area (Å²) in [5.74, 6) is -0.425. The number of hydrogen-bond acceptors (Lipinski definition) is 2. The third-order valence-corrected chi connectivity index (χ3v) is 3.45. The van der Waals surface area contributed by atoms with Crippen LogP contribution in [0, 0.1) is 10.5 Å². The van der Waals surface area contributed by atoms with Crippen molar-refractivity contribution >= 4 is 34.2 Å². The highest BCUT2D eigenvalue weighted by Gasteiger charge is 2.15. The number of carbonyl (C=O) groups excluding carboxylic acids is 1. The van der Waals surface area contributed by atoms with E-state index < -0.39 is 6.61 Å². The van der Waals surface area contributed by atoms with Gasteiger partial charge in [-0.15, -0.1) is 0 Å². The Balaban J connectivity index is 2.28. The first-order chi connectivity index (χ1) is 9.97. The maximum absolute atomic E-state index is 12.4. The summed E-state index contributed by atoms with van der Waals surface area (Å²) in [6.07, 6.45) is 0. The van der Waals surface area contributed by atoms with Crippen molar-refractivity contribution in [1.82, 2.24) is 0 Å². The quantitative estimate of drug-likeness (QED) is 0.767. The van der Waals surface area contributed by atoms with Crippen LogP contribution in [0.4, 0.5) is 14.5 Å². The van der Waals surface area contributed by atoms with Crippen LogP contribution in [0.2, 0.25) is 0 Å². The molecular formula is C15H12F2INO2. The van der Waals surface area contributed by atoms with Crippen molar-refractivity contribution < 1.29 is 18.3 Å². The zero-order valence-electron chi connectivity index (χ0n) is 11.1. The number of anilines is 1. The van der Waals surface area contributed by atoms with E-state index >= 15 is 0 Å². The Kier molecular flexibility index (Phi) is 5.11. The molecule has 0 spiro atoms. The van der Waals surface area contributed by atoms with Gasteiger partial charge in [-0.1, -0.05) is 18.2 Å². The number of para-hydroxylation sites is 1. The monoisotopic (exact) mass is 403 g/mol. The molecule has 3 nitrogen and oxygen atoms in total. The van der Waals surface area contributed by atoms with Gasteiger partial charge in [-0.3, -0.25) is 4.79 Å². The molecule has 0 unspecified atom stereocenters. The zero-order chi connectivity index (χ0) is 15.4. The highest BCUT2D eigenvalue weighted by atomic mass is 127. The summed E-state index contributed by atoms with van der Waals surface area (Å²) in [6.45, 7) is -1.23. The maximum atomic E-state index is 12.4. The van der Waals surface area contributed by atoms with Crippen LogP contribution in [0.5, 0.6) is 5.75 Å². The van der Waals surface area contributed by atoms with Crippen molar-refractivity contribution in [2.75, 3.05) is 5.32 Å². The normalized spacial score (nSPS) is 10.5. The van der Waals surface area contributed by atoms with Crippen LogP contribution in [0.15, 0.2) is 42.5 Å². The SMILES string of the molecule is Cc1cccc(OC(F)F)c1NC(=O)c1cccc(I)c1. The molecule has 1 amide bonds. The minimum absolute atomic E-state index is 0.0519. The number of hydrogen-bond donors (Lipinski definition) is 1. The number of amides is 1. The molecule has 0 bridgehead atoms. The molecule has 21 heavy (non-hydrogen) atoms. The van der Waals surface area contributed by atoms with Crippen LogP contribution < -0.4 is 10.1 Å². The molecule has 0 radical (unpaired) electrons. The standard InChI is InChI=1S/C15H12F2INO2/c1-9-4-2-7-12(21-15(16)17)13(9)19-14(20)10-5-3-6-11(18)8-10/h2-8,15H,1H3,(H,19,20). The minimum atomic E-state index is -2.94. The number of carbonyl (C=O) groups is 1. The Bertz CT molecular complexity index is 662. The summed E-state index contributed by atoms with van der Waals surface area (Å²) in [4.78, 5) is 12.2. The molecule has 2 aromatic rings. The molecule has 0 aliphatic heterocycles. The van der Waals surface area contributed by atoms with Gasteiger partial charge in [0.1, 0.15) is 5.75 Å². The third-order valence-electron chi connectivity index (χ3n) is 2.78. The molecule has 0 atom stereocenters. The number of rotatable bonds is 4. The van der Waals surface area contributed by atoms with Crippen LogP contribution in [0.3, 0.4) is 0 Å². The molecule has 0 aliphatic rings. The topological polar surface area (TPSA) is 38.3 Å². The number of aryl methyl sites for hydroxylation is 1. The van der Waals surface area contributed by atoms with Crippen LogP contribution in [0.25, 0.3) is 0 Å². The van der Waals surface area contributed by atoms with Gasteiger partial charge in [0.05, 0.1) is 5.69 Å². The predicted molar refractivity (Wildman–Crippen MR) is 84.9 cm³/mol. The largest absolute Gasteiger partial charge is 0.433 e. The lowest BCUT2D eigenvalue weighted by Gasteiger charge is -2.14. The molecule has 2 aromatic carbocycles. The van der Waals surface area contributed by atoms with Gasteiger partial charge < -0.3 is 10.1 Å². The Morgan fingerprint density at radius 2 is 1.95 bits per heavy atom. The van der Waals surface area contributed by atoms with Gasteiger partial charge in [0.2, 0.25) is 0 Å². The van der Waals surface area contributed by atoms with Crippen molar-refractivity contribution in [3.63, 3.8) is 0 Å². The molecule has 6 heteroatoms. The fraction of sp³-hybridized carbons (Fsp3) is 0.133. The van der Waals surface area contributed by atoms with Crippen molar-refractivity contribution in [1.29, 1.82) is 0 Å². The summed E-state index contributed by atoms with van der Waals surface area (Å²) in [5.41, 5.74) is 1.35. The highest BCUT2D eigenvalue weighted by Crippen LogP contribution is 2.30. The van der Waals surface area contributed by atoms with Crippen molar-refractivity contribution in [3.05, 3.63) is 57.2 Å². The van der Waals surface area contributed by atoms with Gasteiger partial charge in [-0.2, -0.15) is 8.78 Å². The molecule has 110 valence electrons. The van der Waals surface area contributed by atoms with E-state index in [1.165, 1.54) is 6.07 Å². The number of alkyl halides is 2. The van der Waals surface area contributed by atoms with E-state index in [0.29, 0.717) is 11.1 Å². The van der Waals surface area contributed by atoms with Gasteiger partial charge in [-0.05, 0) is 59.3 Å². The second-order valence-corrected chi connectivity index (χ2v) is 5.54. The molecule has 0 heterocycles. The fourth-order valence-corrected chi connectivity index (χ4v) is 2.35. The van der Waals surface area contributed by atoms with E-state index in [1.807, 2.05) is 6.07 Å². The molecule has 0 fully saturated rings. The van der Waals surface area contributed by atoms with E-state index in [9.17, 15) is 13.6 Å². The van der Waals surface area contributed by atoms with Gasteiger partial charge >= 0.3 is 6.61 Å². The van der Waals surface area contributed by atoms with Crippen LogP contribution >= 0.6 is 22.6 Å². The lowest BCUT2D eigenvalue weighted by molar-refractivity contribution is -0.0493. The zero-order valence-corrected chi connectivity index (χ0v) is 13.2. The maximum Gasteiger partial charge on any atom is 0.387 e. The molecular weight excluding hydrogens is 391 g/mol. The van der Waals surface area contributed by atoms with Gasteiger partial charge in [0, 0.05) is 9.13 Å². The van der Waals surface area contributed by atoms with Crippen LogP contribution in [-0.2, 0) is 0 Å². The number of ether oxygens (including phenoxy) is 1. The second-order valence-electron chi connectivity index (χ2n) is 4.29. The average molecular weight is 403 g/mol. The van der Waals surface area contributed by atoms with Crippen molar-refractivity contribution in [2.24, 2.45) is 0 Å². The molecule has 2 rings (SSSR count). The summed E-state index contributed by atoms with van der Waals surface area (Å²) in [5, 5.41) is 2.63. The van der Waals surface area contributed by atoms with Crippen molar-refractivity contribution in [3.8, 4) is 5.75 Å². The van der Waals surface area contributed by atoms with Crippen LogP contribution in [0.1, 0.15) is 15.9 Å². The number of nitrogens with one attached hydrogen (secondary N) is 1. The van der Waals surface area contributed by atoms with E-state index in [1.54, 1.807) is 37.3 Å². The Morgan fingerprint density at radius 1 is 1.24 bits per heavy atom. The summed E-state index contributed by atoms with van der Waals surface area (Å²) < 4.78 is 30.2. The van der Waals surface area contributed by atoms with E-state index in [-0.39, 0.29) is 17.3 Å². The Morgan fingerprint density at radius 3 is 2.62 bits per heavy atom. The first-order valence-corrected chi connectivity index (χ1v) is 7.16. The molecule has 0 aromatic heterocycles. The van der Waals surface area contributed by atoms with Gasteiger partial charge in [-0.25, -0.2) is 0 Å². The smallest absolute Gasteiger partial charge is 0.387 e. The van der Waals surface area contributed by atoms with E-state index in [2.05, 4.69) is 32.6 Å². The average Bonchev–Trinajstić information content (AvgIpc) is 2.42. The lowest BCUT2D eigenvalue weighted by Crippen LogP contribution is -2.15. The number of benzene rings is 2. The van der Waals surface area contributed by atoms with Crippen LogP contribution in [-0.4, -0.2) is 12.5 Å². The molecule has 0 saturated heterocycles. The molecule has 0 aliphatic carbocycles. The predicted octanol–water partition coefficient (Wildman–Crippen LogP) is 4.45. The number of halogens is 3. The summed E-state index contributed by atoms with van der Waals surface area (Å²) >= 11 is 2.10. The Hall–Kier alpha value is -1.70. The molecule has 1 N–H and O–H groups in total. The summed E-state index contributed by atoms with van der Waals surface area (Å²) in [6, 6.07) is 11.7. The van der Waals surface area contributed by atoms with Crippen molar-refractivity contribution in [2.45, 2.75) is 13.5 Å². The summed E-state index contributed by atoms with van der Waals surface area (Å²) in [7, 11) is 0. The Labute approximate surface area is 134 Å². The molecule has 0 saturated carbocycles. The van der Waals surface area contributed by atoms with E-state index in [0.717, 1.165) is 3.57 Å². The lowest BCUT2D eigenvalue weighted by atomic mass is 10.1. The first kappa shape index (κ1) is 15.7. The minimum Gasteiger partial charge on any atom is -0.433 e. The van der Waals surface area contributed by atoms with Gasteiger partial charge in [0.15, 0.2) is 0 Å². The van der Waals surface area contributed by atoms with Gasteiger partial charge in [0.25, 0.3) is 5.91 Å². The third kappa shape index (κ3) is 4.13. The fourth-order valence-electron chi connectivity index (χ4n) is 1.81. The highest BCUT2D eigenvalue weighted by molar-refractivity contribution is 14.1. The second kappa shape index (κ2) is 6.84.